The zero-order valence-electron chi connectivity index (χ0n) is 14.2. The van der Waals surface area contributed by atoms with Crippen LogP contribution >= 0.6 is 0 Å². The summed E-state index contributed by atoms with van der Waals surface area (Å²) in [6.07, 6.45) is -0.512. The summed E-state index contributed by atoms with van der Waals surface area (Å²) in [6, 6.07) is 7.12. The molecule has 2 N–H and O–H groups in total. The van der Waals surface area contributed by atoms with Crippen molar-refractivity contribution in [3.8, 4) is 11.5 Å². The summed E-state index contributed by atoms with van der Waals surface area (Å²) in [5.41, 5.74) is 6.87. The number of benzene rings is 1. The van der Waals surface area contributed by atoms with Crippen molar-refractivity contribution in [1.29, 1.82) is 0 Å². The number of nitrogens with two attached hydrogens (primary N) is 1. The minimum atomic E-state index is -0.512. The Morgan fingerprint density at radius 2 is 1.83 bits per heavy atom. The van der Waals surface area contributed by atoms with E-state index in [-0.39, 0.29) is 18.1 Å². The molecule has 2 rings (SSSR count). The van der Waals surface area contributed by atoms with Crippen molar-refractivity contribution in [3.63, 3.8) is 0 Å². The highest BCUT2D eigenvalue weighted by Gasteiger charge is 2.24. The van der Waals surface area contributed by atoms with E-state index >= 15 is 0 Å². The summed E-state index contributed by atoms with van der Waals surface area (Å²) in [5.74, 6) is 0.938. The molecule has 0 aliphatic carbocycles. The number of aryl methyl sites for hydroxylation is 1. The molecular weight excluding hydrogens is 310 g/mol. The van der Waals surface area contributed by atoms with Crippen molar-refractivity contribution in [2.24, 2.45) is 0 Å². The van der Waals surface area contributed by atoms with E-state index in [9.17, 15) is 4.79 Å². The maximum absolute atomic E-state index is 12.2. The number of carbonyl (C=O) groups excluding carboxylic acids is 1. The quantitative estimate of drug-likeness (QED) is 0.813. The fraction of sp³-hybridized carbons (Fsp3) is 0.353. The van der Waals surface area contributed by atoms with Gasteiger partial charge in [0.15, 0.2) is 0 Å². The summed E-state index contributed by atoms with van der Waals surface area (Å²) in [6.45, 7) is 5.47. The number of methoxy groups -OCH3 is 1. The zero-order chi connectivity index (χ0) is 17.7. The Hall–Kier alpha value is -2.83. The molecule has 0 bridgehead atoms. The first-order chi connectivity index (χ1) is 11.5. The first-order valence-electron chi connectivity index (χ1n) is 7.58. The Morgan fingerprint density at radius 1 is 1.21 bits per heavy atom. The molecule has 1 unspecified atom stereocenters. The smallest absolute Gasteiger partial charge is 0.342 e. The summed E-state index contributed by atoms with van der Waals surface area (Å²) in [7, 11) is 1.59. The van der Waals surface area contributed by atoms with Crippen molar-refractivity contribution < 1.29 is 19.0 Å². The van der Waals surface area contributed by atoms with Crippen molar-refractivity contribution >= 4 is 11.9 Å². The van der Waals surface area contributed by atoms with Gasteiger partial charge in [-0.15, -0.1) is 0 Å². The lowest BCUT2D eigenvalue weighted by molar-refractivity contribution is 0.0518. The van der Waals surface area contributed by atoms with Crippen LogP contribution in [0.2, 0.25) is 0 Å². The molecule has 0 radical (unpaired) electrons. The van der Waals surface area contributed by atoms with E-state index in [0.717, 1.165) is 5.75 Å². The van der Waals surface area contributed by atoms with Gasteiger partial charge in [-0.1, -0.05) is 0 Å². The number of aromatic nitrogens is 2. The Kier molecular flexibility index (Phi) is 5.57. The molecule has 24 heavy (non-hydrogen) atoms. The normalized spacial score (nSPS) is 11.7. The SMILES string of the molecule is CCOC(=O)c1c(C)nc(N)nc1C(C)Oc1ccc(OC)cc1. The average Bonchev–Trinajstić information content (AvgIpc) is 2.54. The average molecular weight is 331 g/mol. The van der Waals surface area contributed by atoms with Gasteiger partial charge in [0.1, 0.15) is 28.9 Å². The Bertz CT molecular complexity index is 717. The predicted octanol–water partition coefficient (Wildman–Crippen LogP) is 2.69. The third-order valence-electron chi connectivity index (χ3n) is 3.37. The molecule has 0 amide bonds. The summed E-state index contributed by atoms with van der Waals surface area (Å²) < 4.78 is 16.1. The van der Waals surface area contributed by atoms with Gasteiger partial charge in [-0.3, -0.25) is 0 Å². The molecule has 2 aromatic rings. The number of nitrogens with zero attached hydrogens (tertiary/aromatic N) is 2. The molecule has 0 spiro atoms. The number of hydrogen-bond acceptors (Lipinski definition) is 7. The molecule has 7 heteroatoms. The van der Waals surface area contributed by atoms with Gasteiger partial charge in [0.25, 0.3) is 0 Å². The molecule has 128 valence electrons. The predicted molar refractivity (Wildman–Crippen MR) is 89.2 cm³/mol. The number of rotatable bonds is 6. The topological polar surface area (TPSA) is 96.6 Å². The summed E-state index contributed by atoms with van der Waals surface area (Å²) >= 11 is 0. The van der Waals surface area contributed by atoms with Crippen LogP contribution in [0.4, 0.5) is 5.95 Å². The Morgan fingerprint density at radius 3 is 2.42 bits per heavy atom. The first-order valence-corrected chi connectivity index (χ1v) is 7.58. The monoisotopic (exact) mass is 331 g/mol. The van der Waals surface area contributed by atoms with E-state index in [1.165, 1.54) is 0 Å². The van der Waals surface area contributed by atoms with Crippen LogP contribution in [0, 0.1) is 6.92 Å². The van der Waals surface area contributed by atoms with Crippen LogP contribution in [0.15, 0.2) is 24.3 Å². The molecule has 1 aromatic carbocycles. The van der Waals surface area contributed by atoms with Gasteiger partial charge in [-0.05, 0) is 45.0 Å². The lowest BCUT2D eigenvalue weighted by Gasteiger charge is -2.18. The maximum atomic E-state index is 12.2. The molecule has 1 heterocycles. The second-order valence-corrected chi connectivity index (χ2v) is 5.08. The lowest BCUT2D eigenvalue weighted by atomic mass is 10.1. The van der Waals surface area contributed by atoms with Crippen LogP contribution < -0.4 is 15.2 Å². The molecule has 0 fully saturated rings. The summed E-state index contributed by atoms with van der Waals surface area (Å²) in [4.78, 5) is 20.4. The highest BCUT2D eigenvalue weighted by Crippen LogP contribution is 2.26. The van der Waals surface area contributed by atoms with Gasteiger partial charge < -0.3 is 19.9 Å². The highest BCUT2D eigenvalue weighted by atomic mass is 16.5. The van der Waals surface area contributed by atoms with Crippen LogP contribution in [0.25, 0.3) is 0 Å². The van der Waals surface area contributed by atoms with Gasteiger partial charge in [0.05, 0.1) is 19.4 Å². The molecule has 0 saturated carbocycles. The standard InChI is InChI=1S/C17H21N3O4/c1-5-23-16(21)14-10(2)19-17(18)20-15(14)11(3)24-13-8-6-12(22-4)7-9-13/h6-9,11H,5H2,1-4H3,(H2,18,19,20). The number of hydrogen-bond donors (Lipinski definition) is 1. The van der Waals surface area contributed by atoms with Crippen molar-refractivity contribution in [3.05, 3.63) is 41.2 Å². The Balaban J connectivity index is 2.32. The van der Waals surface area contributed by atoms with Crippen LogP contribution in [0.5, 0.6) is 11.5 Å². The molecule has 1 atom stereocenters. The molecular formula is C17H21N3O4. The van der Waals surface area contributed by atoms with Crippen LogP contribution in [0.3, 0.4) is 0 Å². The van der Waals surface area contributed by atoms with Gasteiger partial charge in [-0.25, -0.2) is 14.8 Å². The fourth-order valence-electron chi connectivity index (χ4n) is 2.28. The fourth-order valence-corrected chi connectivity index (χ4v) is 2.28. The highest BCUT2D eigenvalue weighted by molar-refractivity contribution is 5.92. The Labute approximate surface area is 140 Å². The third-order valence-corrected chi connectivity index (χ3v) is 3.37. The van der Waals surface area contributed by atoms with Crippen molar-refractivity contribution in [2.75, 3.05) is 19.5 Å². The minimum absolute atomic E-state index is 0.0840. The molecule has 7 nitrogen and oxygen atoms in total. The second kappa shape index (κ2) is 7.63. The third kappa shape index (κ3) is 3.92. The number of ether oxygens (including phenoxy) is 3. The second-order valence-electron chi connectivity index (χ2n) is 5.08. The zero-order valence-corrected chi connectivity index (χ0v) is 14.2. The van der Waals surface area contributed by atoms with Gasteiger partial charge in [0, 0.05) is 0 Å². The van der Waals surface area contributed by atoms with Gasteiger partial charge in [0.2, 0.25) is 5.95 Å². The molecule has 1 aromatic heterocycles. The van der Waals surface area contributed by atoms with E-state index in [1.54, 1.807) is 52.1 Å². The van der Waals surface area contributed by atoms with E-state index in [2.05, 4.69) is 9.97 Å². The van der Waals surface area contributed by atoms with E-state index < -0.39 is 12.1 Å². The largest absolute Gasteiger partial charge is 0.497 e. The maximum Gasteiger partial charge on any atom is 0.342 e. The molecule has 0 saturated heterocycles. The number of esters is 1. The number of anilines is 1. The number of carbonyl (C=O) groups is 1. The lowest BCUT2D eigenvalue weighted by Crippen LogP contribution is -2.18. The number of nitrogen functional groups attached to an aromatic ring is 1. The van der Waals surface area contributed by atoms with Crippen LogP contribution in [0.1, 0.15) is 41.7 Å². The van der Waals surface area contributed by atoms with Gasteiger partial charge >= 0.3 is 5.97 Å². The van der Waals surface area contributed by atoms with Crippen molar-refractivity contribution in [2.45, 2.75) is 26.9 Å². The summed E-state index contributed by atoms with van der Waals surface area (Å²) in [5, 5.41) is 0. The van der Waals surface area contributed by atoms with E-state index in [0.29, 0.717) is 17.1 Å². The van der Waals surface area contributed by atoms with Crippen LogP contribution in [-0.4, -0.2) is 29.7 Å². The molecule has 0 aliphatic rings. The van der Waals surface area contributed by atoms with E-state index in [4.69, 9.17) is 19.9 Å². The van der Waals surface area contributed by atoms with Crippen LogP contribution in [-0.2, 0) is 4.74 Å². The minimum Gasteiger partial charge on any atom is -0.497 e. The van der Waals surface area contributed by atoms with Gasteiger partial charge in [-0.2, -0.15) is 0 Å². The first kappa shape index (κ1) is 17.5. The van der Waals surface area contributed by atoms with E-state index in [1.807, 2.05) is 0 Å². The van der Waals surface area contributed by atoms with Crippen molar-refractivity contribution in [1.82, 2.24) is 9.97 Å². The molecule has 0 aliphatic heterocycles.